The molecule has 144 heavy (non-hydrogen) atoms. The molecule has 0 radical (unpaired) electrons. The number of aromatic nitrogens is 9. The number of para-hydroxylation sites is 6. The van der Waals surface area contributed by atoms with E-state index in [4.69, 9.17) is 9.97 Å². The average Bonchev–Trinajstić information content (AvgIpc) is 1.54. The first-order valence-electron chi connectivity index (χ1n) is 49.3. The second kappa shape index (κ2) is 34.4. The summed E-state index contributed by atoms with van der Waals surface area (Å²) in [7, 11) is 0. The molecule has 0 aliphatic heterocycles. The number of benzene rings is 21. The highest BCUT2D eigenvalue weighted by Crippen LogP contribution is 2.49. The van der Waals surface area contributed by atoms with Gasteiger partial charge in [0.05, 0.1) is 66.6 Å². The highest BCUT2D eigenvalue weighted by molar-refractivity contribution is 6.26. The molecular formula is C135H88N9+. The topological polar surface area (TPSA) is 69.3 Å². The minimum Gasteiger partial charge on any atom is -0.309 e. The van der Waals surface area contributed by atoms with Crippen LogP contribution in [0.15, 0.2) is 528 Å². The summed E-state index contributed by atoms with van der Waals surface area (Å²) in [6.45, 7) is 0. The number of pyridine rings is 3. The van der Waals surface area contributed by atoms with Crippen molar-refractivity contribution in [3.05, 3.63) is 528 Å². The third-order valence-corrected chi connectivity index (χ3v) is 29.2. The summed E-state index contributed by atoms with van der Waals surface area (Å²) in [5.41, 5.74) is 34.4. The predicted octanol–water partition coefficient (Wildman–Crippen LogP) is 34.6. The Balaban J connectivity index is 0.000000105. The van der Waals surface area contributed by atoms with Crippen LogP contribution in [0, 0.1) is 0 Å². The molecule has 0 saturated carbocycles. The quantitative estimate of drug-likeness (QED) is 0.0978. The SMILES string of the molecule is c1ccc(-c2ccc(-c3[nH]c(-c4ccccc4)c4c5ccccc5c5ccc6c7ccccc7n(-c7ccccc7)c6c5[n+]34)cc2)cc1.c1ccc(-c2ccc(-c3nc(-c4ccccc4)c4c5ccccc5c5cc6c(cc5n34)c3ccccc3n6-c3ccccc3)cc2)cc1.c1ccc(-c2ccc(-c3nc(-c4ccccc4)c4c5ccccc5c5cc6c7ccccc7n(-c7ccccc7)c6cc5n34)cc2)cc1. The normalized spacial score (nSPS) is 11.8. The number of aromatic amines is 1. The Hall–Kier alpha value is -19.4. The summed E-state index contributed by atoms with van der Waals surface area (Å²) in [6, 6.07) is 189. The first kappa shape index (κ1) is 82.9. The van der Waals surface area contributed by atoms with Gasteiger partial charge >= 0.3 is 0 Å². The molecule has 0 amide bonds. The minimum absolute atomic E-state index is 0.931. The molecule has 9 heterocycles. The van der Waals surface area contributed by atoms with Gasteiger partial charge in [-0.2, -0.15) is 4.40 Å². The summed E-state index contributed by atoms with van der Waals surface area (Å²) >= 11 is 0. The van der Waals surface area contributed by atoms with E-state index in [1.165, 1.54) is 158 Å². The number of nitrogens with zero attached hydrogens (tertiary/aromatic N) is 8. The van der Waals surface area contributed by atoms with E-state index in [2.05, 4.69) is 560 Å². The summed E-state index contributed by atoms with van der Waals surface area (Å²) in [5, 5.41) is 18.3. The maximum atomic E-state index is 5.49. The zero-order valence-corrected chi connectivity index (χ0v) is 78.3. The molecule has 672 valence electrons. The van der Waals surface area contributed by atoms with Gasteiger partial charge in [0, 0.05) is 110 Å². The van der Waals surface area contributed by atoms with Crippen LogP contribution in [0.1, 0.15) is 0 Å². The van der Waals surface area contributed by atoms with Crippen LogP contribution in [0.2, 0.25) is 0 Å². The average molecular weight is 1840 g/mol. The minimum atomic E-state index is 0.931. The van der Waals surface area contributed by atoms with Crippen molar-refractivity contribution in [2.24, 2.45) is 0 Å². The summed E-state index contributed by atoms with van der Waals surface area (Å²) in [4.78, 5) is 15.0. The van der Waals surface area contributed by atoms with Crippen LogP contribution in [0.5, 0.6) is 0 Å². The molecule has 9 nitrogen and oxygen atoms in total. The number of fused-ring (bicyclic) bond motifs is 28. The van der Waals surface area contributed by atoms with Crippen molar-refractivity contribution < 1.29 is 4.40 Å². The number of rotatable bonds is 12. The molecule has 30 rings (SSSR count). The van der Waals surface area contributed by atoms with E-state index in [0.717, 1.165) is 107 Å². The van der Waals surface area contributed by atoms with Gasteiger partial charge in [-0.15, -0.1) is 0 Å². The Labute approximate surface area is 829 Å². The van der Waals surface area contributed by atoms with Crippen LogP contribution in [0.25, 0.3) is 265 Å². The molecule has 0 aliphatic rings. The molecule has 0 aliphatic carbocycles. The fourth-order valence-corrected chi connectivity index (χ4v) is 22.7. The largest absolute Gasteiger partial charge is 0.309 e. The van der Waals surface area contributed by atoms with Crippen molar-refractivity contribution in [3.8, 4) is 118 Å². The maximum absolute atomic E-state index is 5.49. The molecule has 21 aromatic carbocycles. The lowest BCUT2D eigenvalue weighted by molar-refractivity contribution is -0.465. The van der Waals surface area contributed by atoms with Gasteiger partial charge in [0.1, 0.15) is 17.2 Å². The Morgan fingerprint density at radius 2 is 0.438 bits per heavy atom. The predicted molar refractivity (Wildman–Crippen MR) is 601 cm³/mol. The van der Waals surface area contributed by atoms with Crippen LogP contribution in [-0.2, 0) is 0 Å². The van der Waals surface area contributed by atoms with E-state index in [1.54, 1.807) is 0 Å². The Kier molecular flexibility index (Phi) is 19.8. The molecule has 0 atom stereocenters. The van der Waals surface area contributed by atoms with E-state index < -0.39 is 0 Å². The molecule has 1 N–H and O–H groups in total. The molecule has 9 heteroatoms. The van der Waals surface area contributed by atoms with Gasteiger partial charge in [-0.25, -0.2) is 15.0 Å². The van der Waals surface area contributed by atoms with Gasteiger partial charge in [0.25, 0.3) is 5.82 Å². The van der Waals surface area contributed by atoms with Gasteiger partial charge < -0.3 is 13.7 Å². The first-order valence-corrected chi connectivity index (χ1v) is 49.3. The van der Waals surface area contributed by atoms with Gasteiger partial charge in [-0.3, -0.25) is 8.80 Å². The van der Waals surface area contributed by atoms with E-state index in [9.17, 15) is 0 Å². The second-order valence-corrected chi connectivity index (χ2v) is 37.2. The molecule has 0 unspecified atom stereocenters. The van der Waals surface area contributed by atoms with E-state index in [-0.39, 0.29) is 0 Å². The van der Waals surface area contributed by atoms with Crippen LogP contribution >= 0.6 is 0 Å². The maximum Gasteiger partial charge on any atom is 0.292 e. The fraction of sp³-hybridized carbons (Fsp3) is 0. The van der Waals surface area contributed by atoms with E-state index in [0.29, 0.717) is 0 Å². The van der Waals surface area contributed by atoms with E-state index in [1.807, 2.05) is 0 Å². The van der Waals surface area contributed by atoms with Crippen LogP contribution in [-0.4, -0.2) is 37.5 Å². The summed E-state index contributed by atoms with van der Waals surface area (Å²) in [5.74, 6) is 2.92. The lowest BCUT2D eigenvalue weighted by Gasteiger charge is -2.14. The standard InChI is InChI=1S/3C45H29N3/c1-4-14-30(15-5-1)31-24-26-33(27-25-31)45-46-43(32-16-6-2-7-17-32)44-37-22-11-10-20-35(37)38-28-41-39(29-42(38)48(44)45)36-21-12-13-23-40(36)47(41)34-18-8-3-9-19-34;1-4-14-30(15-5-1)31-24-26-33(27-25-31)45-46-43(32-16-6-2-7-17-32)44-37-22-11-10-20-35(37)38-28-39-36-21-12-13-23-40(36)47(34-18-8-3-9-19-34)41(39)29-42(38)48(44)45;1-4-14-30(15-5-1)31-24-26-33(27-25-31)45-46-41(32-16-6-2-7-17-32)42-37-22-11-10-20-35(37)38-28-29-39-36-21-12-13-23-40(36)47(34-18-8-3-9-19-34)43(39)44(38)48(42)45/h3*1-29H/p+1. The Bertz CT molecular complexity index is 10200. The molecule has 30 aromatic rings. The number of nitrogens with one attached hydrogen (secondary N) is 1. The molecule has 0 spiro atoms. The van der Waals surface area contributed by atoms with Gasteiger partial charge in [-0.05, 0) is 153 Å². The van der Waals surface area contributed by atoms with Crippen molar-refractivity contribution in [1.82, 2.24) is 37.5 Å². The van der Waals surface area contributed by atoms with E-state index >= 15 is 0 Å². The zero-order chi connectivity index (χ0) is 94.8. The van der Waals surface area contributed by atoms with Gasteiger partial charge in [-0.1, -0.05) is 425 Å². The first-order chi connectivity index (χ1) is 71.5. The molecule has 0 bridgehead atoms. The van der Waals surface area contributed by atoms with Gasteiger partial charge in [0.15, 0.2) is 16.7 Å². The van der Waals surface area contributed by atoms with Crippen molar-refractivity contribution in [2.75, 3.05) is 0 Å². The second-order valence-electron chi connectivity index (χ2n) is 37.2. The summed E-state index contributed by atoms with van der Waals surface area (Å²) in [6.07, 6.45) is 0. The van der Waals surface area contributed by atoms with Crippen molar-refractivity contribution in [1.29, 1.82) is 0 Å². The summed E-state index contributed by atoms with van der Waals surface area (Å²) < 4.78 is 14.6. The highest BCUT2D eigenvalue weighted by atomic mass is 15.1. The van der Waals surface area contributed by atoms with Gasteiger partial charge in [0.2, 0.25) is 0 Å². The molecule has 0 saturated heterocycles. The molecule has 0 fully saturated rings. The number of hydrogen-bond acceptors (Lipinski definition) is 2. The Morgan fingerprint density at radius 1 is 0.167 bits per heavy atom. The van der Waals surface area contributed by atoms with Crippen LogP contribution in [0.3, 0.4) is 0 Å². The highest BCUT2D eigenvalue weighted by Gasteiger charge is 2.32. The smallest absolute Gasteiger partial charge is 0.292 e. The molecule has 9 aromatic heterocycles. The van der Waals surface area contributed by atoms with Crippen molar-refractivity contribution in [2.45, 2.75) is 0 Å². The number of hydrogen-bond donors (Lipinski definition) is 1. The van der Waals surface area contributed by atoms with Crippen LogP contribution < -0.4 is 4.40 Å². The lowest BCUT2D eigenvalue weighted by Crippen LogP contribution is -2.25. The van der Waals surface area contributed by atoms with Crippen molar-refractivity contribution in [3.63, 3.8) is 0 Å². The molecular weight excluding hydrogens is 1750 g/mol. The van der Waals surface area contributed by atoms with Crippen LogP contribution in [0.4, 0.5) is 0 Å². The third kappa shape index (κ3) is 13.6. The fourth-order valence-electron chi connectivity index (χ4n) is 22.7. The van der Waals surface area contributed by atoms with Crippen molar-refractivity contribution >= 4 is 147 Å². The number of H-pyrrole nitrogens is 1. The lowest BCUT2D eigenvalue weighted by atomic mass is 10.00. The zero-order valence-electron chi connectivity index (χ0n) is 78.3. The third-order valence-electron chi connectivity index (χ3n) is 29.2. The Morgan fingerprint density at radius 3 is 0.875 bits per heavy atom. The monoisotopic (exact) mass is 1830 g/mol. The number of imidazole rings is 3.